The summed E-state index contributed by atoms with van der Waals surface area (Å²) in [6.45, 7) is 0.342. The van der Waals surface area contributed by atoms with E-state index in [2.05, 4.69) is 25.9 Å². The molecule has 2 atom stereocenters. The lowest BCUT2D eigenvalue weighted by atomic mass is 10.1. The van der Waals surface area contributed by atoms with Gasteiger partial charge in [0.05, 0.1) is 12.1 Å². The quantitative estimate of drug-likeness (QED) is 0.174. The minimum atomic E-state index is -1.61. The molecule has 45 heavy (non-hydrogen) atoms. The first-order valence-electron chi connectivity index (χ1n) is 13.7. The normalized spacial score (nSPS) is 16.1. The van der Waals surface area contributed by atoms with Crippen LogP contribution in [0.1, 0.15) is 6.92 Å². The molecule has 5 rings (SSSR count). The number of anilines is 5. The minimum Gasteiger partial charge on any atom is -0.439 e. The van der Waals surface area contributed by atoms with Crippen LogP contribution in [0.2, 0.25) is 0 Å². The average Bonchev–Trinajstić information content (AvgIpc) is 3.00. The summed E-state index contributed by atoms with van der Waals surface area (Å²) in [5.74, 6) is -0.511. The number of carbonyl (C=O) groups is 2. The molecule has 0 bridgehead atoms. The van der Waals surface area contributed by atoms with Gasteiger partial charge in [0.1, 0.15) is 18.2 Å². The lowest BCUT2D eigenvalue weighted by molar-refractivity contribution is -0.115. The van der Waals surface area contributed by atoms with Crippen LogP contribution < -0.4 is 25.6 Å². The smallest absolute Gasteiger partial charge is 0.257 e. The van der Waals surface area contributed by atoms with Gasteiger partial charge in [0.15, 0.2) is 6.23 Å². The predicted molar refractivity (Wildman–Crippen MR) is 163 cm³/mol. The number of carbonyl (C=O) groups excluding carboxylic acids is 2. The van der Waals surface area contributed by atoms with Crippen molar-refractivity contribution in [3.63, 3.8) is 0 Å². The fourth-order valence-corrected chi connectivity index (χ4v) is 4.49. The van der Waals surface area contributed by atoms with Gasteiger partial charge in [-0.15, -0.1) is 0 Å². The Kier molecular flexibility index (Phi) is 9.46. The van der Waals surface area contributed by atoms with Crippen molar-refractivity contribution in [1.82, 2.24) is 14.9 Å². The van der Waals surface area contributed by atoms with E-state index in [1.54, 1.807) is 54.6 Å². The maximum atomic E-state index is 13.5. The maximum Gasteiger partial charge on any atom is 0.257 e. The second kappa shape index (κ2) is 13.8. The third-order valence-electron chi connectivity index (χ3n) is 6.53. The highest BCUT2D eigenvalue weighted by Gasteiger charge is 2.37. The van der Waals surface area contributed by atoms with E-state index in [1.807, 2.05) is 0 Å². The number of alkyl halides is 1. The molecule has 0 aliphatic carbocycles. The monoisotopic (exact) mass is 617 g/mol. The van der Waals surface area contributed by atoms with Crippen molar-refractivity contribution in [2.24, 2.45) is 0 Å². The number of hydrogen-bond acceptors (Lipinski definition) is 10. The van der Waals surface area contributed by atoms with E-state index in [0.717, 1.165) is 21.9 Å². The molecule has 1 aliphatic heterocycles. The van der Waals surface area contributed by atoms with Crippen molar-refractivity contribution in [2.45, 2.75) is 19.5 Å². The molecule has 14 heteroatoms. The van der Waals surface area contributed by atoms with Gasteiger partial charge >= 0.3 is 0 Å². The number of benzene rings is 3. The van der Waals surface area contributed by atoms with Crippen LogP contribution in [0.15, 0.2) is 96.8 Å². The first-order chi connectivity index (χ1) is 21.7. The van der Waals surface area contributed by atoms with Crippen LogP contribution >= 0.6 is 0 Å². The molecule has 2 unspecified atom stereocenters. The standard InChI is InChI=1S/C31H29F2N7O5/c1-19(41)35-22-3-2-4-23(17-22)37-30-34-15-13-27(38-30)45-25-11-7-21(8-12-25)36-28(42)26-18-39(16-14-32)31(44)40(29(26)43)24-9-5-20(33)6-10-24/h2-13,15,17-18,29,31,43-44H,14,16H2,1H3,(H,35,41)(H,36,42)(H,34,37,38). The summed E-state index contributed by atoms with van der Waals surface area (Å²) in [6.07, 6.45) is -0.408. The van der Waals surface area contributed by atoms with E-state index < -0.39 is 31.0 Å². The Bertz CT molecular complexity index is 1690. The second-order valence-corrected chi connectivity index (χ2v) is 9.80. The first kappa shape index (κ1) is 30.8. The zero-order valence-electron chi connectivity index (χ0n) is 23.9. The molecule has 0 fully saturated rings. The molecule has 0 radical (unpaired) electrons. The zero-order valence-corrected chi connectivity index (χ0v) is 23.9. The summed E-state index contributed by atoms with van der Waals surface area (Å²) in [7, 11) is 0. The Balaban J connectivity index is 1.25. The van der Waals surface area contributed by atoms with Crippen molar-refractivity contribution >= 4 is 40.5 Å². The third kappa shape index (κ3) is 7.68. The van der Waals surface area contributed by atoms with E-state index in [1.165, 1.54) is 31.5 Å². The van der Waals surface area contributed by atoms with Crippen LogP contribution in [0, 0.1) is 5.82 Å². The van der Waals surface area contributed by atoms with Crippen molar-refractivity contribution < 1.29 is 33.3 Å². The zero-order chi connectivity index (χ0) is 31.9. The largest absolute Gasteiger partial charge is 0.439 e. The topological polar surface area (TPSA) is 152 Å². The Morgan fingerprint density at radius 2 is 1.69 bits per heavy atom. The summed E-state index contributed by atoms with van der Waals surface area (Å²) < 4.78 is 32.5. The summed E-state index contributed by atoms with van der Waals surface area (Å²) in [6, 6.07) is 19.9. The number of rotatable bonds is 10. The highest BCUT2D eigenvalue weighted by molar-refractivity contribution is 6.05. The highest BCUT2D eigenvalue weighted by Crippen LogP contribution is 2.29. The number of aliphatic hydroxyl groups excluding tert-OH is 2. The molecule has 4 aromatic rings. The number of nitrogens with zero attached hydrogens (tertiary/aromatic N) is 4. The van der Waals surface area contributed by atoms with Crippen molar-refractivity contribution in [2.75, 3.05) is 34.1 Å². The van der Waals surface area contributed by atoms with Gasteiger partial charge in [0.2, 0.25) is 24.1 Å². The Morgan fingerprint density at radius 3 is 2.40 bits per heavy atom. The van der Waals surface area contributed by atoms with Crippen LogP contribution in [0.5, 0.6) is 11.6 Å². The summed E-state index contributed by atoms with van der Waals surface area (Å²) >= 11 is 0. The molecular weight excluding hydrogens is 588 g/mol. The fraction of sp³-hybridized carbons (Fsp3) is 0.161. The Morgan fingerprint density at radius 1 is 0.956 bits per heavy atom. The molecule has 2 heterocycles. The summed E-state index contributed by atoms with van der Waals surface area (Å²) in [5, 5.41) is 30.2. The van der Waals surface area contributed by atoms with Gasteiger partial charge in [0.25, 0.3) is 5.91 Å². The van der Waals surface area contributed by atoms with E-state index in [9.17, 15) is 28.6 Å². The number of amides is 2. The van der Waals surface area contributed by atoms with E-state index in [-0.39, 0.29) is 35.5 Å². The van der Waals surface area contributed by atoms with Crippen LogP contribution in [0.3, 0.4) is 0 Å². The van der Waals surface area contributed by atoms with Gasteiger partial charge in [-0.05, 0) is 66.7 Å². The Hall–Kier alpha value is -5.60. The highest BCUT2D eigenvalue weighted by atomic mass is 19.1. The molecule has 1 aromatic heterocycles. The third-order valence-corrected chi connectivity index (χ3v) is 6.53. The number of halogens is 2. The lowest BCUT2D eigenvalue weighted by Gasteiger charge is -2.43. The van der Waals surface area contributed by atoms with Crippen LogP contribution in [-0.2, 0) is 9.59 Å². The molecule has 1 aliphatic rings. The molecule has 12 nitrogen and oxygen atoms in total. The maximum absolute atomic E-state index is 13.5. The van der Waals surface area contributed by atoms with Gasteiger partial charge in [0, 0.05) is 48.1 Å². The van der Waals surface area contributed by atoms with Crippen molar-refractivity contribution in [3.8, 4) is 11.6 Å². The van der Waals surface area contributed by atoms with Crippen molar-refractivity contribution in [3.05, 3.63) is 103 Å². The number of aliphatic hydroxyl groups is 2. The van der Waals surface area contributed by atoms with Crippen LogP contribution in [-0.4, -0.2) is 62.7 Å². The van der Waals surface area contributed by atoms with Crippen molar-refractivity contribution in [1.29, 1.82) is 0 Å². The van der Waals surface area contributed by atoms with Crippen LogP contribution in [0.4, 0.5) is 37.5 Å². The van der Waals surface area contributed by atoms with E-state index in [4.69, 9.17) is 4.74 Å². The Labute approximate surface area is 256 Å². The number of aromatic nitrogens is 2. The lowest BCUT2D eigenvalue weighted by Crippen LogP contribution is -2.57. The number of ether oxygens (including phenoxy) is 1. The number of nitrogens with one attached hydrogen (secondary N) is 3. The average molecular weight is 618 g/mol. The molecule has 2 amide bonds. The first-order valence-corrected chi connectivity index (χ1v) is 13.7. The van der Waals surface area contributed by atoms with Gasteiger partial charge in [-0.1, -0.05) is 6.07 Å². The van der Waals surface area contributed by atoms with Gasteiger partial charge in [-0.3, -0.25) is 14.5 Å². The molecule has 3 aromatic carbocycles. The number of hydrogen-bond donors (Lipinski definition) is 5. The van der Waals surface area contributed by atoms with Crippen LogP contribution in [0.25, 0.3) is 0 Å². The molecule has 0 spiro atoms. The van der Waals surface area contributed by atoms with Gasteiger partial charge in [-0.25, -0.2) is 13.8 Å². The summed E-state index contributed by atoms with van der Waals surface area (Å²) in [4.78, 5) is 35.3. The molecule has 5 N–H and O–H groups in total. The predicted octanol–water partition coefficient (Wildman–Crippen LogP) is 4.32. The summed E-state index contributed by atoms with van der Waals surface area (Å²) in [5.41, 5.74) is 1.69. The molecular formula is C31H29F2N7O5. The van der Waals surface area contributed by atoms with E-state index in [0.29, 0.717) is 22.8 Å². The second-order valence-electron chi connectivity index (χ2n) is 9.80. The minimum absolute atomic E-state index is 0.165. The SMILES string of the molecule is CC(=O)Nc1cccc(Nc2nccc(Oc3ccc(NC(=O)C4=CN(CCF)C(O)N(c5ccc(F)cc5)C4O)cc3)n2)c1. The molecule has 0 saturated carbocycles. The molecule has 0 saturated heterocycles. The molecule has 232 valence electrons. The fourth-order valence-electron chi connectivity index (χ4n) is 4.49. The van der Waals surface area contributed by atoms with Gasteiger partial charge < -0.3 is 35.8 Å². The van der Waals surface area contributed by atoms with E-state index >= 15 is 0 Å². The van der Waals surface area contributed by atoms with Gasteiger partial charge in [-0.2, -0.15) is 4.98 Å².